The fourth-order valence-electron chi connectivity index (χ4n) is 4.28. The highest BCUT2D eigenvalue weighted by Crippen LogP contribution is 2.34. The van der Waals surface area contributed by atoms with E-state index in [-0.39, 0.29) is 5.69 Å². The number of aryl methyl sites for hydroxylation is 2. The Morgan fingerprint density at radius 2 is 1.86 bits per heavy atom. The average Bonchev–Trinajstić information content (AvgIpc) is 3.37. The van der Waals surface area contributed by atoms with Crippen molar-refractivity contribution in [2.45, 2.75) is 20.3 Å². The third kappa shape index (κ3) is 2.62. The monoisotopic (exact) mass is 384 g/mol. The van der Waals surface area contributed by atoms with Crippen molar-refractivity contribution >= 4 is 17.4 Å². The number of rotatable bonds is 3. The molecule has 146 valence electrons. The number of fused-ring (bicyclic) bond motifs is 2. The summed E-state index contributed by atoms with van der Waals surface area (Å²) in [5.41, 5.74) is 0.270. The van der Waals surface area contributed by atoms with E-state index in [4.69, 9.17) is 0 Å². The first-order valence-electron chi connectivity index (χ1n) is 9.51. The topological polar surface area (TPSA) is 95.3 Å². The maximum atomic E-state index is 13.8. The smallest absolute Gasteiger partial charge is 0.288 e. The number of anilines is 2. The number of hydrogen-bond acceptors (Lipinski definition) is 7. The molecule has 9 nitrogen and oxygen atoms in total. The predicted molar refractivity (Wildman–Crippen MR) is 101 cm³/mol. The largest absolute Gasteiger partial charge is 0.354 e. The van der Waals surface area contributed by atoms with Crippen LogP contribution in [-0.2, 0) is 6.42 Å². The molecule has 0 radical (unpaired) electrons. The highest BCUT2D eigenvalue weighted by Gasteiger charge is 2.41. The SMILES string of the molecule is CCc1nc(N2CC3CN(c4ccc5nnc(C)n5n4)CC3C2)[nH]c(=O)c1F. The minimum atomic E-state index is -0.775. The molecule has 28 heavy (non-hydrogen) atoms. The molecule has 5 rings (SSSR count). The van der Waals surface area contributed by atoms with Crippen LogP contribution in [0.1, 0.15) is 18.4 Å². The van der Waals surface area contributed by atoms with Crippen molar-refractivity contribution in [1.29, 1.82) is 0 Å². The Morgan fingerprint density at radius 1 is 1.14 bits per heavy atom. The number of halogens is 1. The number of H-pyrrole nitrogens is 1. The summed E-state index contributed by atoms with van der Waals surface area (Å²) in [7, 11) is 0. The highest BCUT2D eigenvalue weighted by atomic mass is 19.1. The van der Waals surface area contributed by atoms with Crippen LogP contribution in [0.4, 0.5) is 16.2 Å². The van der Waals surface area contributed by atoms with Gasteiger partial charge < -0.3 is 9.80 Å². The molecule has 0 bridgehead atoms. The standard InChI is InChI=1S/C18H21FN8O/c1-3-13-16(19)17(28)21-18(20-13)26-8-11-6-25(7-12(11)9-26)15-5-4-14-23-22-10(2)27(14)24-15/h4-5,11-12H,3,6-9H2,1-2H3,(H,20,21,28). The lowest BCUT2D eigenvalue weighted by molar-refractivity contribution is 0.533. The molecule has 0 saturated carbocycles. The van der Waals surface area contributed by atoms with Crippen LogP contribution in [0.2, 0.25) is 0 Å². The molecule has 0 aliphatic carbocycles. The minimum absolute atomic E-state index is 0.222. The van der Waals surface area contributed by atoms with Gasteiger partial charge >= 0.3 is 0 Å². The van der Waals surface area contributed by atoms with Crippen molar-refractivity contribution in [2.24, 2.45) is 11.8 Å². The first-order chi connectivity index (χ1) is 13.5. The second-order valence-electron chi connectivity index (χ2n) is 7.54. The van der Waals surface area contributed by atoms with Gasteiger partial charge in [-0.05, 0) is 25.5 Å². The molecule has 5 heterocycles. The van der Waals surface area contributed by atoms with E-state index in [9.17, 15) is 9.18 Å². The van der Waals surface area contributed by atoms with E-state index >= 15 is 0 Å². The second kappa shape index (κ2) is 6.25. The average molecular weight is 384 g/mol. The number of nitrogens with zero attached hydrogens (tertiary/aromatic N) is 7. The fraction of sp³-hybridized carbons (Fsp3) is 0.500. The van der Waals surface area contributed by atoms with Crippen LogP contribution in [-0.4, -0.2) is 56.0 Å². The summed E-state index contributed by atoms with van der Waals surface area (Å²) in [6.07, 6.45) is 0.397. The zero-order valence-corrected chi connectivity index (χ0v) is 15.8. The Hall–Kier alpha value is -3.04. The van der Waals surface area contributed by atoms with Gasteiger partial charge in [0.05, 0.1) is 5.69 Å². The van der Waals surface area contributed by atoms with Gasteiger partial charge in [0.15, 0.2) is 11.5 Å². The van der Waals surface area contributed by atoms with Gasteiger partial charge in [-0.3, -0.25) is 9.78 Å². The van der Waals surface area contributed by atoms with Crippen molar-refractivity contribution < 1.29 is 4.39 Å². The molecule has 2 aliphatic rings. The summed E-state index contributed by atoms with van der Waals surface area (Å²) in [6.45, 7) is 7.01. The van der Waals surface area contributed by atoms with E-state index in [1.54, 1.807) is 11.4 Å². The van der Waals surface area contributed by atoms with Crippen LogP contribution in [0.15, 0.2) is 16.9 Å². The van der Waals surface area contributed by atoms with Crippen LogP contribution in [0.3, 0.4) is 0 Å². The van der Waals surface area contributed by atoms with Gasteiger partial charge in [-0.15, -0.1) is 15.3 Å². The number of hydrogen-bond donors (Lipinski definition) is 1. The molecule has 2 fully saturated rings. The van der Waals surface area contributed by atoms with E-state index in [0.29, 0.717) is 24.2 Å². The first kappa shape index (κ1) is 17.1. The predicted octanol–water partition coefficient (Wildman–Crippen LogP) is 0.790. The summed E-state index contributed by atoms with van der Waals surface area (Å²) in [5.74, 6) is 2.27. The molecule has 0 aromatic carbocycles. The summed E-state index contributed by atoms with van der Waals surface area (Å²) in [4.78, 5) is 23.1. The molecule has 2 saturated heterocycles. The molecule has 3 aromatic heterocycles. The van der Waals surface area contributed by atoms with Crippen molar-refractivity contribution in [3.05, 3.63) is 39.8 Å². The molecule has 10 heteroatoms. The van der Waals surface area contributed by atoms with Crippen LogP contribution in [0.25, 0.3) is 5.65 Å². The third-order valence-corrected chi connectivity index (χ3v) is 5.77. The molecule has 2 aliphatic heterocycles. The molecular formula is C18H21FN8O. The first-order valence-corrected chi connectivity index (χ1v) is 9.51. The quantitative estimate of drug-likeness (QED) is 0.713. The van der Waals surface area contributed by atoms with E-state index in [1.165, 1.54) is 0 Å². The van der Waals surface area contributed by atoms with Crippen LogP contribution < -0.4 is 15.4 Å². The molecule has 2 unspecified atom stereocenters. The molecule has 2 atom stereocenters. The zero-order chi connectivity index (χ0) is 19.4. The molecule has 0 amide bonds. The Labute approximate surface area is 160 Å². The maximum absolute atomic E-state index is 13.8. The lowest BCUT2D eigenvalue weighted by Crippen LogP contribution is -2.32. The summed E-state index contributed by atoms with van der Waals surface area (Å²) in [6, 6.07) is 3.91. The lowest BCUT2D eigenvalue weighted by atomic mass is 10.0. The highest BCUT2D eigenvalue weighted by molar-refractivity contribution is 5.47. The van der Waals surface area contributed by atoms with Gasteiger partial charge in [-0.25, -0.2) is 4.98 Å². The van der Waals surface area contributed by atoms with Gasteiger partial charge in [-0.1, -0.05) is 6.92 Å². The van der Waals surface area contributed by atoms with E-state index in [2.05, 4.69) is 35.1 Å². The molecule has 1 N–H and O–H groups in total. The van der Waals surface area contributed by atoms with Gasteiger partial charge in [0, 0.05) is 38.0 Å². The van der Waals surface area contributed by atoms with E-state index in [1.807, 2.05) is 19.1 Å². The van der Waals surface area contributed by atoms with Crippen molar-refractivity contribution in [2.75, 3.05) is 36.0 Å². The summed E-state index contributed by atoms with van der Waals surface area (Å²) >= 11 is 0. The normalized spacial score (nSPS) is 21.7. The zero-order valence-electron chi connectivity index (χ0n) is 15.8. The van der Waals surface area contributed by atoms with Crippen LogP contribution in [0, 0.1) is 24.6 Å². The van der Waals surface area contributed by atoms with Crippen LogP contribution >= 0.6 is 0 Å². The summed E-state index contributed by atoms with van der Waals surface area (Å²) in [5, 5.41) is 12.8. The van der Waals surface area contributed by atoms with Gasteiger partial charge in [0.1, 0.15) is 5.82 Å². The minimum Gasteiger partial charge on any atom is -0.354 e. The number of aromatic nitrogens is 6. The number of nitrogens with one attached hydrogen (secondary N) is 1. The van der Waals surface area contributed by atoms with Crippen LogP contribution in [0.5, 0.6) is 0 Å². The van der Waals surface area contributed by atoms with Gasteiger partial charge in [-0.2, -0.15) is 8.91 Å². The van der Waals surface area contributed by atoms with Crippen molar-refractivity contribution in [1.82, 2.24) is 29.8 Å². The molecular weight excluding hydrogens is 363 g/mol. The van der Waals surface area contributed by atoms with Gasteiger partial charge in [0.25, 0.3) is 5.56 Å². The third-order valence-electron chi connectivity index (χ3n) is 5.77. The molecule has 0 spiro atoms. The Balaban J connectivity index is 1.34. The second-order valence-corrected chi connectivity index (χ2v) is 7.54. The number of aromatic amines is 1. The Kier molecular flexibility index (Phi) is 3.81. The summed E-state index contributed by atoms with van der Waals surface area (Å²) < 4.78 is 15.6. The fourth-order valence-corrected chi connectivity index (χ4v) is 4.28. The Bertz CT molecular complexity index is 1090. The van der Waals surface area contributed by atoms with E-state index in [0.717, 1.165) is 43.5 Å². The lowest BCUT2D eigenvalue weighted by Gasteiger charge is -2.23. The van der Waals surface area contributed by atoms with Gasteiger partial charge in [0.2, 0.25) is 11.8 Å². The van der Waals surface area contributed by atoms with E-state index < -0.39 is 11.4 Å². The van der Waals surface area contributed by atoms with Crippen molar-refractivity contribution in [3.8, 4) is 0 Å². The maximum Gasteiger partial charge on any atom is 0.288 e. The van der Waals surface area contributed by atoms with Crippen molar-refractivity contribution in [3.63, 3.8) is 0 Å². The molecule has 3 aromatic rings. The Morgan fingerprint density at radius 3 is 2.57 bits per heavy atom.